The van der Waals surface area contributed by atoms with Gasteiger partial charge in [0.1, 0.15) is 11.6 Å². The molecule has 0 spiro atoms. The van der Waals surface area contributed by atoms with E-state index in [1.165, 1.54) is 19.2 Å². The molecule has 182 valence electrons. The number of pyridine rings is 2. The molecule has 2 aromatic carbocycles. The lowest BCUT2D eigenvalue weighted by Gasteiger charge is -2.16. The number of benzene rings is 2. The fourth-order valence-electron chi connectivity index (χ4n) is 4.17. The first-order valence-electron chi connectivity index (χ1n) is 11.0. The minimum Gasteiger partial charge on any atom is -0.496 e. The number of halogens is 3. The van der Waals surface area contributed by atoms with Crippen LogP contribution >= 0.6 is 0 Å². The molecule has 36 heavy (non-hydrogen) atoms. The van der Waals surface area contributed by atoms with E-state index in [2.05, 4.69) is 30.6 Å². The lowest BCUT2D eigenvalue weighted by atomic mass is 9.95. The summed E-state index contributed by atoms with van der Waals surface area (Å²) in [6.45, 7) is 1.99. The van der Waals surface area contributed by atoms with E-state index >= 15 is 0 Å². The number of alkyl halides is 3. The van der Waals surface area contributed by atoms with Crippen molar-refractivity contribution in [1.82, 2.24) is 19.9 Å². The van der Waals surface area contributed by atoms with Crippen LogP contribution in [-0.4, -0.2) is 34.1 Å². The zero-order chi connectivity index (χ0) is 25.4. The first-order valence-corrected chi connectivity index (χ1v) is 11.0. The maximum absolute atomic E-state index is 13.5. The Morgan fingerprint density at radius 2 is 1.75 bits per heavy atom. The van der Waals surface area contributed by atoms with Crippen LogP contribution in [0.5, 0.6) is 5.75 Å². The van der Waals surface area contributed by atoms with Crippen LogP contribution < -0.4 is 15.4 Å². The molecule has 10 heteroatoms. The minimum absolute atomic E-state index is 0.244. The molecule has 5 rings (SSSR count). The van der Waals surface area contributed by atoms with Gasteiger partial charge >= 0.3 is 6.18 Å². The second-order valence-corrected chi connectivity index (χ2v) is 8.13. The fourth-order valence-corrected chi connectivity index (χ4v) is 4.17. The highest BCUT2D eigenvalue weighted by atomic mass is 19.4. The van der Waals surface area contributed by atoms with E-state index in [1.807, 2.05) is 31.2 Å². The lowest BCUT2D eigenvalue weighted by Crippen LogP contribution is -2.08. The van der Waals surface area contributed by atoms with Crippen molar-refractivity contribution in [1.29, 1.82) is 0 Å². The number of fused-ring (bicyclic) bond motifs is 2. The van der Waals surface area contributed by atoms with Gasteiger partial charge in [-0.2, -0.15) is 18.2 Å². The molecular weight excluding hydrogens is 469 g/mol. The largest absolute Gasteiger partial charge is 0.496 e. The van der Waals surface area contributed by atoms with E-state index in [1.54, 1.807) is 25.6 Å². The summed E-state index contributed by atoms with van der Waals surface area (Å²) in [6, 6.07) is 11.5. The molecule has 3 heterocycles. The average Bonchev–Trinajstić information content (AvgIpc) is 2.87. The summed E-state index contributed by atoms with van der Waals surface area (Å²) in [5.41, 5.74) is 2.77. The van der Waals surface area contributed by atoms with Crippen molar-refractivity contribution in [3.8, 4) is 16.9 Å². The molecule has 0 amide bonds. The molecule has 7 nitrogen and oxygen atoms in total. The SMILES string of the molecule is CNc1ncc2cc(-c3c(C)ccc4c(Nc5ccc(OC)c(C(F)(F)F)c5)nccc34)cnc2n1. The van der Waals surface area contributed by atoms with Gasteiger partial charge in [-0.05, 0) is 53.8 Å². The maximum atomic E-state index is 13.5. The number of nitrogens with one attached hydrogen (secondary N) is 2. The van der Waals surface area contributed by atoms with Crippen LogP contribution in [0.4, 0.5) is 30.6 Å². The van der Waals surface area contributed by atoms with Crippen molar-refractivity contribution in [3.63, 3.8) is 0 Å². The molecule has 0 unspecified atom stereocenters. The van der Waals surface area contributed by atoms with Crippen molar-refractivity contribution in [2.75, 3.05) is 24.8 Å². The smallest absolute Gasteiger partial charge is 0.420 e. The summed E-state index contributed by atoms with van der Waals surface area (Å²) in [5, 5.41) is 8.36. The van der Waals surface area contributed by atoms with Crippen molar-refractivity contribution >= 4 is 39.3 Å². The van der Waals surface area contributed by atoms with Gasteiger partial charge in [-0.15, -0.1) is 0 Å². The maximum Gasteiger partial charge on any atom is 0.420 e. The molecule has 0 radical (unpaired) electrons. The van der Waals surface area contributed by atoms with E-state index in [-0.39, 0.29) is 11.4 Å². The first kappa shape index (κ1) is 23.3. The van der Waals surface area contributed by atoms with E-state index in [9.17, 15) is 13.2 Å². The van der Waals surface area contributed by atoms with E-state index in [0.717, 1.165) is 38.9 Å². The Bertz CT molecular complexity index is 1600. The summed E-state index contributed by atoms with van der Waals surface area (Å²) in [6.07, 6.45) is 0.531. The Morgan fingerprint density at radius 1 is 0.917 bits per heavy atom. The molecule has 2 N–H and O–H groups in total. The van der Waals surface area contributed by atoms with Crippen LogP contribution in [-0.2, 0) is 6.18 Å². The predicted octanol–water partition coefficient (Wildman–Crippen LogP) is 6.36. The zero-order valence-electron chi connectivity index (χ0n) is 19.6. The number of anilines is 3. The number of methoxy groups -OCH3 is 1. The van der Waals surface area contributed by atoms with Gasteiger partial charge in [0.2, 0.25) is 5.95 Å². The second kappa shape index (κ2) is 8.95. The number of hydrogen-bond donors (Lipinski definition) is 2. The molecule has 0 aliphatic heterocycles. The zero-order valence-corrected chi connectivity index (χ0v) is 19.6. The van der Waals surface area contributed by atoms with E-state index in [0.29, 0.717) is 17.4 Å². The number of rotatable bonds is 5. The number of nitrogens with zero attached hydrogens (tertiary/aromatic N) is 4. The molecule has 0 aliphatic rings. The Morgan fingerprint density at radius 3 is 2.50 bits per heavy atom. The Hall–Kier alpha value is -4.47. The molecule has 0 aliphatic carbocycles. The molecule has 0 atom stereocenters. The highest BCUT2D eigenvalue weighted by Crippen LogP contribution is 2.39. The number of ether oxygens (including phenoxy) is 1. The molecular formula is C26H21F3N6O. The Kier molecular flexibility index (Phi) is 5.79. The van der Waals surface area contributed by atoms with Gasteiger partial charge in [0.05, 0.1) is 12.7 Å². The van der Waals surface area contributed by atoms with Gasteiger partial charge in [0, 0.05) is 47.7 Å². The van der Waals surface area contributed by atoms with Crippen molar-refractivity contribution < 1.29 is 17.9 Å². The Balaban J connectivity index is 1.60. The monoisotopic (exact) mass is 490 g/mol. The summed E-state index contributed by atoms with van der Waals surface area (Å²) in [4.78, 5) is 17.6. The van der Waals surface area contributed by atoms with Gasteiger partial charge in [-0.3, -0.25) is 0 Å². The topological polar surface area (TPSA) is 84.9 Å². The van der Waals surface area contributed by atoms with Gasteiger partial charge < -0.3 is 15.4 Å². The summed E-state index contributed by atoms with van der Waals surface area (Å²) >= 11 is 0. The van der Waals surface area contributed by atoms with Crippen LogP contribution in [0.15, 0.2) is 61.1 Å². The third kappa shape index (κ3) is 4.21. The number of hydrogen-bond acceptors (Lipinski definition) is 7. The fraction of sp³-hybridized carbons (Fsp3) is 0.154. The quantitative estimate of drug-likeness (QED) is 0.296. The van der Waals surface area contributed by atoms with Gasteiger partial charge in [0.25, 0.3) is 0 Å². The van der Waals surface area contributed by atoms with Crippen LogP contribution in [0.1, 0.15) is 11.1 Å². The minimum atomic E-state index is -4.56. The van der Waals surface area contributed by atoms with Gasteiger partial charge in [0.15, 0.2) is 5.65 Å². The third-order valence-electron chi connectivity index (χ3n) is 5.87. The number of aryl methyl sites for hydroxylation is 1. The molecule has 5 aromatic rings. The Labute approximate surface area is 204 Å². The molecule has 0 saturated heterocycles. The molecule has 3 aromatic heterocycles. The van der Waals surface area contributed by atoms with Crippen LogP contribution in [0, 0.1) is 6.92 Å². The van der Waals surface area contributed by atoms with Crippen molar-refractivity contribution in [2.24, 2.45) is 0 Å². The van der Waals surface area contributed by atoms with Crippen LogP contribution in [0.2, 0.25) is 0 Å². The molecule has 0 bridgehead atoms. The first-order chi connectivity index (χ1) is 17.3. The van der Waals surface area contributed by atoms with Crippen molar-refractivity contribution in [2.45, 2.75) is 13.1 Å². The summed E-state index contributed by atoms with van der Waals surface area (Å²) in [7, 11) is 2.95. The summed E-state index contributed by atoms with van der Waals surface area (Å²) in [5.74, 6) is 0.673. The standard InChI is InChI=1S/C26H21F3N6O/c1-14-4-6-19-18(22(14)15-10-16-13-33-25(30-2)35-23(16)32-12-15)8-9-31-24(19)34-17-5-7-21(36-3)20(11-17)26(27,28)29/h4-13H,1-3H3,(H,31,34)(H,30,32,33,35). The molecule has 0 saturated carbocycles. The van der Waals surface area contributed by atoms with E-state index < -0.39 is 11.7 Å². The highest BCUT2D eigenvalue weighted by Gasteiger charge is 2.34. The molecule has 0 fully saturated rings. The predicted molar refractivity (Wildman–Crippen MR) is 134 cm³/mol. The number of aromatic nitrogens is 4. The van der Waals surface area contributed by atoms with E-state index in [4.69, 9.17) is 4.74 Å². The van der Waals surface area contributed by atoms with Gasteiger partial charge in [-0.25, -0.2) is 15.0 Å². The van der Waals surface area contributed by atoms with Gasteiger partial charge in [-0.1, -0.05) is 12.1 Å². The summed E-state index contributed by atoms with van der Waals surface area (Å²) < 4.78 is 45.4. The second-order valence-electron chi connectivity index (χ2n) is 8.13. The lowest BCUT2D eigenvalue weighted by molar-refractivity contribution is -0.138. The van der Waals surface area contributed by atoms with Crippen molar-refractivity contribution in [3.05, 3.63) is 72.2 Å². The normalized spacial score (nSPS) is 11.6. The van der Waals surface area contributed by atoms with Crippen LogP contribution in [0.25, 0.3) is 32.9 Å². The average molecular weight is 490 g/mol. The highest BCUT2D eigenvalue weighted by molar-refractivity contribution is 6.04. The third-order valence-corrected chi connectivity index (χ3v) is 5.87. The van der Waals surface area contributed by atoms with Crippen LogP contribution in [0.3, 0.4) is 0 Å².